The van der Waals surface area contributed by atoms with Crippen LogP contribution in [-0.4, -0.2) is 30.3 Å². The Labute approximate surface area is 79.6 Å². The Hall–Kier alpha value is -1.07. The van der Waals surface area contributed by atoms with Crippen LogP contribution in [0.15, 0.2) is 11.6 Å². The van der Waals surface area contributed by atoms with Gasteiger partial charge in [-0.15, -0.1) is 11.3 Å². The van der Waals surface area contributed by atoms with E-state index in [1.165, 1.54) is 18.4 Å². The number of carbonyl (C=O) groups is 2. The van der Waals surface area contributed by atoms with Crippen molar-refractivity contribution in [2.45, 2.75) is 6.42 Å². The quantitative estimate of drug-likeness (QED) is 0.523. The summed E-state index contributed by atoms with van der Waals surface area (Å²) in [7, 11) is 1.42. The average Bonchev–Trinajstić information content (AvgIpc) is 2.55. The molecule has 0 amide bonds. The lowest BCUT2D eigenvalue weighted by atomic mass is 10.2. The molecular weight excluding hydrogens is 190 g/mol. The van der Waals surface area contributed by atoms with E-state index in [4.69, 9.17) is 0 Å². The number of Topliss-reactive ketones (excluding diaryl/α,β-unsaturated/α-hetero) is 2. The molecule has 0 atom stereocenters. The molecule has 70 valence electrons. The molecule has 0 radical (unpaired) electrons. The van der Waals surface area contributed by atoms with Crippen LogP contribution >= 0.6 is 11.3 Å². The maximum Gasteiger partial charge on any atom is 0.198 e. The molecule has 13 heavy (non-hydrogen) atoms. The Kier molecular flexibility index (Phi) is 3.72. The smallest absolute Gasteiger partial charge is 0.198 e. The van der Waals surface area contributed by atoms with Crippen molar-refractivity contribution in [1.29, 1.82) is 0 Å². The first kappa shape index (κ1) is 10.0. The van der Waals surface area contributed by atoms with Crippen LogP contribution in [0.3, 0.4) is 0 Å². The van der Waals surface area contributed by atoms with Crippen LogP contribution in [0, 0.1) is 0 Å². The van der Waals surface area contributed by atoms with Crippen LogP contribution < -0.4 is 0 Å². The maximum atomic E-state index is 11.3. The van der Waals surface area contributed by atoms with Crippen LogP contribution in [0.1, 0.15) is 16.2 Å². The Morgan fingerprint density at radius 3 is 2.92 bits per heavy atom. The monoisotopic (exact) mass is 199 g/mol. The van der Waals surface area contributed by atoms with E-state index in [-0.39, 0.29) is 24.6 Å². The highest BCUT2D eigenvalue weighted by Crippen LogP contribution is 2.07. The van der Waals surface area contributed by atoms with Crippen molar-refractivity contribution in [3.8, 4) is 0 Å². The van der Waals surface area contributed by atoms with E-state index in [0.717, 1.165) is 0 Å². The van der Waals surface area contributed by atoms with Crippen molar-refractivity contribution < 1.29 is 14.3 Å². The van der Waals surface area contributed by atoms with Gasteiger partial charge >= 0.3 is 0 Å². The molecule has 0 aliphatic rings. The van der Waals surface area contributed by atoms with Gasteiger partial charge in [0, 0.05) is 18.7 Å². The second-order valence-electron chi connectivity index (χ2n) is 2.41. The maximum absolute atomic E-state index is 11.3. The topological polar surface area (TPSA) is 56.3 Å². The minimum atomic E-state index is -0.239. The van der Waals surface area contributed by atoms with Gasteiger partial charge in [-0.1, -0.05) is 0 Å². The fourth-order valence-corrected chi connectivity index (χ4v) is 1.40. The molecule has 1 aromatic rings. The molecule has 1 aromatic heterocycles. The summed E-state index contributed by atoms with van der Waals surface area (Å²) in [6.07, 6.45) is 1.42. The molecule has 0 unspecified atom stereocenters. The Morgan fingerprint density at radius 2 is 2.38 bits per heavy atom. The number of methoxy groups -OCH3 is 1. The first-order valence-electron chi connectivity index (χ1n) is 3.67. The highest BCUT2D eigenvalue weighted by atomic mass is 32.1. The number of nitrogens with zero attached hydrogens (tertiary/aromatic N) is 1. The molecule has 1 heterocycles. The van der Waals surface area contributed by atoms with E-state index in [1.807, 2.05) is 0 Å². The molecule has 0 bridgehead atoms. The minimum Gasteiger partial charge on any atom is -0.377 e. The minimum absolute atomic E-state index is 0.0168. The number of rotatable bonds is 5. The molecule has 0 N–H and O–H groups in total. The van der Waals surface area contributed by atoms with Gasteiger partial charge in [-0.2, -0.15) is 0 Å². The van der Waals surface area contributed by atoms with E-state index < -0.39 is 0 Å². The van der Waals surface area contributed by atoms with Crippen LogP contribution in [0.25, 0.3) is 0 Å². The number of ketones is 2. The largest absolute Gasteiger partial charge is 0.377 e. The summed E-state index contributed by atoms with van der Waals surface area (Å²) in [5.41, 5.74) is 0. The van der Waals surface area contributed by atoms with Crippen molar-refractivity contribution in [2.24, 2.45) is 0 Å². The van der Waals surface area contributed by atoms with Crippen molar-refractivity contribution in [3.05, 3.63) is 16.6 Å². The molecule has 4 nitrogen and oxygen atoms in total. The highest BCUT2D eigenvalue weighted by Gasteiger charge is 2.13. The number of hydrogen-bond donors (Lipinski definition) is 0. The van der Waals surface area contributed by atoms with Crippen LogP contribution in [0.5, 0.6) is 0 Å². The van der Waals surface area contributed by atoms with Gasteiger partial charge < -0.3 is 4.74 Å². The number of thiazole rings is 1. The Morgan fingerprint density at radius 1 is 1.62 bits per heavy atom. The molecule has 0 saturated heterocycles. The lowest BCUT2D eigenvalue weighted by molar-refractivity contribution is -0.121. The zero-order valence-corrected chi connectivity index (χ0v) is 7.97. The lowest BCUT2D eigenvalue weighted by Gasteiger charge is -1.95. The highest BCUT2D eigenvalue weighted by molar-refractivity contribution is 7.11. The van der Waals surface area contributed by atoms with E-state index in [0.29, 0.717) is 5.01 Å². The van der Waals surface area contributed by atoms with Gasteiger partial charge in [-0.3, -0.25) is 9.59 Å². The van der Waals surface area contributed by atoms with Gasteiger partial charge in [-0.25, -0.2) is 4.98 Å². The standard InChI is InChI=1S/C8H9NO3S/c1-12-5-6(10)4-7(11)8-9-2-3-13-8/h2-3H,4-5H2,1H3. The lowest BCUT2D eigenvalue weighted by Crippen LogP contribution is -2.12. The summed E-state index contributed by atoms with van der Waals surface area (Å²) in [5, 5.41) is 2.08. The van der Waals surface area contributed by atoms with E-state index in [9.17, 15) is 9.59 Å². The molecule has 0 aliphatic carbocycles. The summed E-state index contributed by atoms with van der Waals surface area (Å²) in [4.78, 5) is 26.0. The molecule has 0 spiro atoms. The van der Waals surface area contributed by atoms with Crippen LogP contribution in [0.4, 0.5) is 0 Å². The SMILES string of the molecule is COCC(=O)CC(=O)c1nccs1. The van der Waals surface area contributed by atoms with E-state index in [2.05, 4.69) is 9.72 Å². The molecule has 5 heteroatoms. The van der Waals surface area contributed by atoms with Gasteiger partial charge in [0.25, 0.3) is 0 Å². The van der Waals surface area contributed by atoms with Gasteiger partial charge in [0.1, 0.15) is 6.61 Å². The molecule has 0 saturated carbocycles. The molecular formula is C8H9NO3S. The molecule has 0 aromatic carbocycles. The van der Waals surface area contributed by atoms with Crippen molar-refractivity contribution >= 4 is 22.9 Å². The third-order valence-electron chi connectivity index (χ3n) is 1.33. The van der Waals surface area contributed by atoms with Gasteiger partial charge in [0.15, 0.2) is 16.6 Å². The summed E-state index contributed by atoms with van der Waals surface area (Å²) in [5.74, 6) is -0.459. The van der Waals surface area contributed by atoms with E-state index >= 15 is 0 Å². The summed E-state index contributed by atoms with van der Waals surface area (Å²) >= 11 is 1.24. The molecule has 1 rings (SSSR count). The third kappa shape index (κ3) is 3.04. The fourth-order valence-electron chi connectivity index (χ4n) is 0.828. The second kappa shape index (κ2) is 4.84. The first-order chi connectivity index (χ1) is 6.24. The van der Waals surface area contributed by atoms with Crippen molar-refractivity contribution in [1.82, 2.24) is 4.98 Å². The predicted molar refractivity (Wildman–Crippen MR) is 47.9 cm³/mol. The predicted octanol–water partition coefficient (Wildman–Crippen LogP) is 0.931. The van der Waals surface area contributed by atoms with Crippen LogP contribution in [-0.2, 0) is 9.53 Å². The zero-order chi connectivity index (χ0) is 9.68. The van der Waals surface area contributed by atoms with Crippen LogP contribution in [0.2, 0.25) is 0 Å². The molecule has 0 aliphatic heterocycles. The summed E-state index contributed by atoms with van der Waals surface area (Å²) in [6.45, 7) is -0.0168. The Balaban J connectivity index is 2.47. The normalized spacial score (nSPS) is 9.92. The number of carbonyl (C=O) groups excluding carboxylic acids is 2. The van der Waals surface area contributed by atoms with Gasteiger partial charge in [0.2, 0.25) is 0 Å². The van der Waals surface area contributed by atoms with Gasteiger partial charge in [-0.05, 0) is 0 Å². The third-order valence-corrected chi connectivity index (χ3v) is 2.15. The number of aromatic nitrogens is 1. The van der Waals surface area contributed by atoms with Crippen molar-refractivity contribution in [2.75, 3.05) is 13.7 Å². The zero-order valence-electron chi connectivity index (χ0n) is 7.15. The summed E-state index contributed by atoms with van der Waals surface area (Å²) < 4.78 is 4.60. The fraction of sp³-hybridized carbons (Fsp3) is 0.375. The first-order valence-corrected chi connectivity index (χ1v) is 4.55. The number of hydrogen-bond acceptors (Lipinski definition) is 5. The summed E-state index contributed by atoms with van der Waals surface area (Å²) in [6, 6.07) is 0. The van der Waals surface area contributed by atoms with Gasteiger partial charge in [0.05, 0.1) is 6.42 Å². The number of ether oxygens (including phenoxy) is 1. The molecule has 0 fully saturated rings. The average molecular weight is 199 g/mol. The van der Waals surface area contributed by atoms with E-state index in [1.54, 1.807) is 11.6 Å². The Bertz CT molecular complexity index is 294. The van der Waals surface area contributed by atoms with Crippen molar-refractivity contribution in [3.63, 3.8) is 0 Å². The second-order valence-corrected chi connectivity index (χ2v) is 3.30.